The van der Waals surface area contributed by atoms with Crippen LogP contribution in [0.4, 0.5) is 5.69 Å². The van der Waals surface area contributed by atoms with Crippen molar-refractivity contribution >= 4 is 45.1 Å². The number of carboxylic acids is 1. The summed E-state index contributed by atoms with van der Waals surface area (Å²) < 4.78 is 0.663. The Morgan fingerprint density at radius 3 is 2.70 bits per heavy atom. The van der Waals surface area contributed by atoms with E-state index in [0.717, 1.165) is 12.8 Å². The first-order valence-corrected chi connectivity index (χ1v) is 7.36. The second-order valence-corrected chi connectivity index (χ2v) is 5.97. The lowest BCUT2D eigenvalue weighted by atomic mass is 10.2. The van der Waals surface area contributed by atoms with Crippen LogP contribution in [0.1, 0.15) is 19.3 Å². The molecule has 7 heteroatoms. The van der Waals surface area contributed by atoms with Crippen LogP contribution in [0, 0.1) is 0 Å². The Labute approximate surface area is 129 Å². The number of hydrogen-bond acceptors (Lipinski definition) is 3. The van der Waals surface area contributed by atoms with Crippen LogP contribution >= 0.6 is 27.5 Å². The molecule has 0 heterocycles. The molecule has 0 saturated heterocycles. The standard InChI is InChI=1S/C13H14BrClN2O3/c14-9-5-8(3-4-10(9)15)16-11(13(19)20)6-12(18)17-7-1-2-7/h3-5,7,11,16H,1-2,6H2,(H,17,18)(H,19,20). The van der Waals surface area contributed by atoms with Crippen LogP contribution in [0.25, 0.3) is 0 Å². The molecule has 1 fully saturated rings. The molecule has 108 valence electrons. The van der Waals surface area contributed by atoms with Gasteiger partial charge < -0.3 is 15.7 Å². The number of halogens is 2. The first-order valence-electron chi connectivity index (χ1n) is 6.19. The zero-order valence-electron chi connectivity index (χ0n) is 10.5. The van der Waals surface area contributed by atoms with E-state index >= 15 is 0 Å². The van der Waals surface area contributed by atoms with E-state index in [1.165, 1.54) is 0 Å². The summed E-state index contributed by atoms with van der Waals surface area (Å²) in [5, 5.41) is 15.3. The van der Waals surface area contributed by atoms with Crippen molar-refractivity contribution in [3.05, 3.63) is 27.7 Å². The zero-order chi connectivity index (χ0) is 14.7. The minimum Gasteiger partial charge on any atom is -0.480 e. The summed E-state index contributed by atoms with van der Waals surface area (Å²) in [4.78, 5) is 22.9. The van der Waals surface area contributed by atoms with Crippen molar-refractivity contribution in [2.45, 2.75) is 31.3 Å². The van der Waals surface area contributed by atoms with Crippen LogP contribution in [0.5, 0.6) is 0 Å². The second-order valence-electron chi connectivity index (χ2n) is 4.71. The minimum absolute atomic E-state index is 0.105. The van der Waals surface area contributed by atoms with Crippen molar-refractivity contribution in [1.82, 2.24) is 5.32 Å². The molecule has 1 aromatic rings. The van der Waals surface area contributed by atoms with Gasteiger partial charge in [0.15, 0.2) is 0 Å². The topological polar surface area (TPSA) is 78.4 Å². The van der Waals surface area contributed by atoms with Gasteiger partial charge in [0, 0.05) is 16.2 Å². The molecular weight excluding hydrogens is 348 g/mol. The first-order chi connectivity index (χ1) is 9.45. The maximum Gasteiger partial charge on any atom is 0.326 e. The average molecular weight is 362 g/mol. The normalized spacial score (nSPS) is 15.5. The van der Waals surface area contributed by atoms with Crippen molar-refractivity contribution in [1.29, 1.82) is 0 Å². The molecule has 20 heavy (non-hydrogen) atoms. The summed E-state index contributed by atoms with van der Waals surface area (Å²) in [5.41, 5.74) is 0.591. The highest BCUT2D eigenvalue weighted by Gasteiger charge is 2.27. The van der Waals surface area contributed by atoms with E-state index in [0.29, 0.717) is 15.2 Å². The maximum atomic E-state index is 11.7. The fourth-order valence-corrected chi connectivity index (χ4v) is 2.18. The van der Waals surface area contributed by atoms with Crippen LogP contribution < -0.4 is 10.6 Å². The summed E-state index contributed by atoms with van der Waals surface area (Å²) in [6.07, 6.45) is 1.84. The van der Waals surface area contributed by atoms with Crippen LogP contribution in [-0.4, -0.2) is 29.1 Å². The molecule has 5 nitrogen and oxygen atoms in total. The number of hydrogen-bond donors (Lipinski definition) is 3. The third-order valence-corrected chi connectivity index (χ3v) is 4.10. The number of rotatable bonds is 6. The summed E-state index contributed by atoms with van der Waals surface area (Å²) in [6.45, 7) is 0. The Morgan fingerprint density at radius 1 is 1.45 bits per heavy atom. The van der Waals surface area contributed by atoms with Crippen LogP contribution in [0.15, 0.2) is 22.7 Å². The van der Waals surface area contributed by atoms with Crippen LogP contribution in [-0.2, 0) is 9.59 Å². The number of carboxylic acid groups (broad SMARTS) is 1. The van der Waals surface area contributed by atoms with E-state index in [1.54, 1.807) is 18.2 Å². The van der Waals surface area contributed by atoms with E-state index in [4.69, 9.17) is 11.6 Å². The summed E-state index contributed by atoms with van der Waals surface area (Å²) in [6, 6.07) is 4.25. The second kappa shape index (κ2) is 6.45. The third kappa shape index (κ3) is 4.38. The van der Waals surface area contributed by atoms with E-state index in [-0.39, 0.29) is 18.4 Å². The minimum atomic E-state index is -1.07. The van der Waals surface area contributed by atoms with Crippen molar-refractivity contribution in [2.75, 3.05) is 5.32 Å². The highest BCUT2D eigenvalue weighted by molar-refractivity contribution is 9.10. The summed E-state index contributed by atoms with van der Waals surface area (Å²) >= 11 is 9.14. The average Bonchev–Trinajstić information content (AvgIpc) is 3.16. The Bertz CT molecular complexity index is 534. The van der Waals surface area contributed by atoms with E-state index in [2.05, 4.69) is 26.6 Å². The smallest absolute Gasteiger partial charge is 0.326 e. The van der Waals surface area contributed by atoms with Crippen molar-refractivity contribution in [3.63, 3.8) is 0 Å². The van der Waals surface area contributed by atoms with Crippen molar-refractivity contribution < 1.29 is 14.7 Å². The van der Waals surface area contributed by atoms with Gasteiger partial charge in [-0.25, -0.2) is 4.79 Å². The number of carbonyl (C=O) groups is 2. The molecule has 0 aromatic heterocycles. The molecule has 1 amide bonds. The van der Waals surface area contributed by atoms with Crippen LogP contribution in [0.3, 0.4) is 0 Å². The lowest BCUT2D eigenvalue weighted by molar-refractivity contribution is -0.139. The molecule has 0 aliphatic heterocycles. The molecule has 2 rings (SSSR count). The van der Waals surface area contributed by atoms with Gasteiger partial charge in [0.1, 0.15) is 6.04 Å². The monoisotopic (exact) mass is 360 g/mol. The fraction of sp³-hybridized carbons (Fsp3) is 0.385. The Hall–Kier alpha value is -1.27. The van der Waals surface area contributed by atoms with Crippen LogP contribution in [0.2, 0.25) is 5.02 Å². The largest absolute Gasteiger partial charge is 0.480 e. The van der Waals surface area contributed by atoms with Gasteiger partial charge in [-0.1, -0.05) is 11.6 Å². The highest BCUT2D eigenvalue weighted by atomic mass is 79.9. The molecule has 1 aliphatic carbocycles. The molecule has 0 radical (unpaired) electrons. The van der Waals surface area contributed by atoms with Gasteiger partial charge in [-0.05, 0) is 47.0 Å². The number of aliphatic carboxylic acids is 1. The van der Waals surface area contributed by atoms with E-state index < -0.39 is 12.0 Å². The third-order valence-electron chi connectivity index (χ3n) is 2.89. The Balaban J connectivity index is 1.98. The maximum absolute atomic E-state index is 11.7. The lowest BCUT2D eigenvalue weighted by Crippen LogP contribution is -2.37. The fourth-order valence-electron chi connectivity index (χ4n) is 1.69. The molecular formula is C13H14BrClN2O3. The summed E-state index contributed by atoms with van der Waals surface area (Å²) in [5.74, 6) is -1.32. The zero-order valence-corrected chi connectivity index (χ0v) is 12.9. The quantitative estimate of drug-likeness (QED) is 0.728. The van der Waals surface area contributed by atoms with E-state index in [1.807, 2.05) is 0 Å². The molecule has 1 saturated carbocycles. The SMILES string of the molecule is O=C(CC(Nc1ccc(Cl)c(Br)c1)C(=O)O)NC1CC1. The van der Waals surface area contributed by atoms with Gasteiger partial charge in [-0.3, -0.25) is 4.79 Å². The molecule has 0 spiro atoms. The van der Waals surface area contributed by atoms with Gasteiger partial charge in [0.2, 0.25) is 5.91 Å². The number of anilines is 1. The number of amides is 1. The number of benzene rings is 1. The Kier molecular flexibility index (Phi) is 4.88. The van der Waals surface area contributed by atoms with Crippen molar-refractivity contribution in [3.8, 4) is 0 Å². The lowest BCUT2D eigenvalue weighted by Gasteiger charge is -2.16. The molecule has 3 N–H and O–H groups in total. The number of nitrogens with one attached hydrogen (secondary N) is 2. The van der Waals surface area contributed by atoms with Gasteiger partial charge in [-0.15, -0.1) is 0 Å². The van der Waals surface area contributed by atoms with Crippen molar-refractivity contribution in [2.24, 2.45) is 0 Å². The Morgan fingerprint density at radius 2 is 2.15 bits per heavy atom. The predicted molar refractivity (Wildman–Crippen MR) is 80.0 cm³/mol. The molecule has 0 bridgehead atoms. The highest BCUT2D eigenvalue weighted by Crippen LogP contribution is 2.26. The van der Waals surface area contributed by atoms with Gasteiger partial charge in [0.25, 0.3) is 0 Å². The van der Waals surface area contributed by atoms with Gasteiger partial charge in [0.05, 0.1) is 11.4 Å². The van der Waals surface area contributed by atoms with E-state index in [9.17, 15) is 14.7 Å². The van der Waals surface area contributed by atoms with Gasteiger partial charge >= 0.3 is 5.97 Å². The molecule has 1 aliphatic rings. The number of carbonyl (C=O) groups excluding carboxylic acids is 1. The summed E-state index contributed by atoms with van der Waals surface area (Å²) in [7, 11) is 0. The molecule has 1 atom stereocenters. The van der Waals surface area contributed by atoms with Gasteiger partial charge in [-0.2, -0.15) is 0 Å². The first kappa shape index (κ1) is 15.1. The molecule has 1 unspecified atom stereocenters. The molecule has 1 aromatic carbocycles. The predicted octanol–water partition coefficient (Wildman–Crippen LogP) is 2.64.